The van der Waals surface area contributed by atoms with Gasteiger partial charge in [0.25, 0.3) is 0 Å². The molecule has 0 bridgehead atoms. The van der Waals surface area contributed by atoms with Crippen molar-refractivity contribution in [1.29, 1.82) is 0 Å². The minimum atomic E-state index is -0.953. The molecule has 0 aliphatic carbocycles. The highest BCUT2D eigenvalue weighted by molar-refractivity contribution is 14.0. The van der Waals surface area contributed by atoms with Crippen molar-refractivity contribution in [2.45, 2.75) is 39.8 Å². The smallest absolute Gasteiger partial charge is 0.191 e. The molecule has 0 fully saturated rings. The van der Waals surface area contributed by atoms with Crippen LogP contribution in [-0.4, -0.2) is 36.2 Å². The first-order valence-corrected chi connectivity index (χ1v) is 9.54. The summed E-state index contributed by atoms with van der Waals surface area (Å²) < 4.78 is 5.45. The molecule has 1 atom stereocenters. The van der Waals surface area contributed by atoms with Gasteiger partial charge in [0.1, 0.15) is 11.4 Å². The molecule has 0 aromatic carbocycles. The van der Waals surface area contributed by atoms with Gasteiger partial charge in [0.15, 0.2) is 5.96 Å². The van der Waals surface area contributed by atoms with Crippen LogP contribution in [0.1, 0.15) is 35.5 Å². The van der Waals surface area contributed by atoms with E-state index in [0.29, 0.717) is 19.0 Å². The fourth-order valence-electron chi connectivity index (χ4n) is 2.65. The number of nitrogens with zero attached hydrogens (tertiary/aromatic N) is 2. The standard InChI is InChI=1S/C19H28N4O2S.HI/c1-6-20-18(23-12-19(4,24)16-8-7-9-26-16)22-11-15-14(3)17(25-5)13(2)10-21-15;/h7-10,24H,6,11-12H2,1-5H3,(H2,20,22,23);1H. The first-order valence-electron chi connectivity index (χ1n) is 8.66. The third-order valence-corrected chi connectivity index (χ3v) is 5.26. The lowest BCUT2D eigenvalue weighted by atomic mass is 10.1. The third kappa shape index (κ3) is 6.32. The van der Waals surface area contributed by atoms with Crippen LogP contribution in [0.5, 0.6) is 5.75 Å². The molecule has 2 rings (SSSR count). The first kappa shape index (κ1) is 23.6. The number of rotatable bonds is 7. The highest BCUT2D eigenvalue weighted by Crippen LogP contribution is 2.25. The lowest BCUT2D eigenvalue weighted by Crippen LogP contribution is -2.44. The number of aliphatic imine (C=N–C) groups is 1. The van der Waals surface area contributed by atoms with Crippen LogP contribution < -0.4 is 15.4 Å². The van der Waals surface area contributed by atoms with Gasteiger partial charge in [0.2, 0.25) is 0 Å². The summed E-state index contributed by atoms with van der Waals surface area (Å²) in [6.45, 7) is 9.30. The van der Waals surface area contributed by atoms with E-state index >= 15 is 0 Å². The largest absolute Gasteiger partial charge is 0.496 e. The fraction of sp³-hybridized carbons (Fsp3) is 0.474. The van der Waals surface area contributed by atoms with E-state index in [1.807, 2.05) is 38.3 Å². The number of halogens is 1. The molecule has 2 aromatic rings. The molecule has 0 aliphatic rings. The zero-order valence-electron chi connectivity index (χ0n) is 16.5. The Morgan fingerprint density at radius 1 is 1.37 bits per heavy atom. The van der Waals surface area contributed by atoms with Crippen molar-refractivity contribution in [1.82, 2.24) is 15.6 Å². The fourth-order valence-corrected chi connectivity index (χ4v) is 3.44. The molecular weight excluding hydrogens is 475 g/mol. The van der Waals surface area contributed by atoms with Gasteiger partial charge in [-0.05, 0) is 39.1 Å². The molecule has 27 heavy (non-hydrogen) atoms. The van der Waals surface area contributed by atoms with E-state index in [2.05, 4.69) is 20.6 Å². The van der Waals surface area contributed by atoms with Crippen LogP contribution in [0.25, 0.3) is 0 Å². The molecule has 6 nitrogen and oxygen atoms in total. The van der Waals surface area contributed by atoms with Crippen molar-refractivity contribution in [2.75, 3.05) is 20.2 Å². The summed E-state index contributed by atoms with van der Waals surface area (Å²) in [5.74, 6) is 1.49. The number of aryl methyl sites for hydroxylation is 1. The molecule has 2 heterocycles. The monoisotopic (exact) mass is 504 g/mol. The molecule has 0 saturated heterocycles. The topological polar surface area (TPSA) is 78.8 Å². The van der Waals surface area contributed by atoms with Crippen molar-refractivity contribution < 1.29 is 9.84 Å². The van der Waals surface area contributed by atoms with Crippen LogP contribution in [0, 0.1) is 13.8 Å². The Bertz CT molecular complexity index is 748. The maximum atomic E-state index is 10.7. The summed E-state index contributed by atoms with van der Waals surface area (Å²) >= 11 is 1.54. The Balaban J connectivity index is 0.00000364. The number of guanidine groups is 1. The molecule has 0 aliphatic heterocycles. The quantitative estimate of drug-likeness (QED) is 0.306. The minimum Gasteiger partial charge on any atom is -0.496 e. The van der Waals surface area contributed by atoms with Gasteiger partial charge in [0.05, 0.1) is 25.9 Å². The molecular formula is C19H29IN4O2S. The second-order valence-electron chi connectivity index (χ2n) is 6.35. The van der Waals surface area contributed by atoms with Crippen LogP contribution in [0.2, 0.25) is 0 Å². The summed E-state index contributed by atoms with van der Waals surface area (Å²) in [5.41, 5.74) is 1.92. The number of aromatic nitrogens is 1. The predicted octanol–water partition coefficient (Wildman–Crippen LogP) is 3.35. The van der Waals surface area contributed by atoms with E-state index in [-0.39, 0.29) is 24.0 Å². The number of methoxy groups -OCH3 is 1. The van der Waals surface area contributed by atoms with Gasteiger partial charge >= 0.3 is 0 Å². The Morgan fingerprint density at radius 2 is 2.11 bits per heavy atom. The summed E-state index contributed by atoms with van der Waals surface area (Å²) in [4.78, 5) is 10.00. The van der Waals surface area contributed by atoms with Crippen molar-refractivity contribution in [3.05, 3.63) is 45.4 Å². The number of pyridine rings is 1. The Hall–Kier alpha value is -1.39. The number of thiophene rings is 1. The number of nitrogens with one attached hydrogen (secondary N) is 2. The van der Waals surface area contributed by atoms with Crippen molar-refractivity contribution in [3.8, 4) is 5.75 Å². The van der Waals surface area contributed by atoms with Gasteiger partial charge < -0.3 is 20.5 Å². The summed E-state index contributed by atoms with van der Waals surface area (Å²) in [6.07, 6.45) is 1.80. The molecule has 8 heteroatoms. The maximum absolute atomic E-state index is 10.7. The Morgan fingerprint density at radius 3 is 2.70 bits per heavy atom. The Labute approximate surface area is 182 Å². The number of aliphatic hydroxyl groups is 1. The molecule has 0 spiro atoms. The van der Waals surface area contributed by atoms with Crippen LogP contribution >= 0.6 is 35.3 Å². The molecule has 3 N–H and O–H groups in total. The summed E-state index contributed by atoms with van der Waals surface area (Å²) in [5, 5.41) is 19.0. The van der Waals surface area contributed by atoms with Crippen molar-refractivity contribution >= 4 is 41.3 Å². The summed E-state index contributed by atoms with van der Waals surface area (Å²) in [7, 11) is 1.67. The maximum Gasteiger partial charge on any atom is 0.191 e. The van der Waals surface area contributed by atoms with Crippen molar-refractivity contribution in [3.63, 3.8) is 0 Å². The minimum absolute atomic E-state index is 0. The van der Waals surface area contributed by atoms with E-state index in [0.717, 1.165) is 34.0 Å². The normalized spacial score (nSPS) is 13.5. The molecule has 0 amide bonds. The molecule has 1 unspecified atom stereocenters. The SMILES string of the molecule is CCNC(=NCc1ncc(C)c(OC)c1C)NCC(C)(O)c1cccs1.I. The zero-order valence-corrected chi connectivity index (χ0v) is 19.6. The third-order valence-electron chi connectivity index (χ3n) is 4.13. The second kappa shape index (κ2) is 10.8. The lowest BCUT2D eigenvalue weighted by Gasteiger charge is -2.23. The average molecular weight is 504 g/mol. The van der Waals surface area contributed by atoms with Crippen LogP contribution in [0.3, 0.4) is 0 Å². The average Bonchev–Trinajstić information content (AvgIpc) is 3.15. The highest BCUT2D eigenvalue weighted by Gasteiger charge is 2.24. The van der Waals surface area contributed by atoms with E-state index in [1.165, 1.54) is 11.3 Å². The predicted molar refractivity (Wildman–Crippen MR) is 122 cm³/mol. The van der Waals surface area contributed by atoms with Gasteiger partial charge in [-0.15, -0.1) is 35.3 Å². The molecule has 2 aromatic heterocycles. The first-order chi connectivity index (χ1) is 12.4. The van der Waals surface area contributed by atoms with E-state index in [4.69, 9.17) is 4.74 Å². The van der Waals surface area contributed by atoms with Crippen LogP contribution in [0.15, 0.2) is 28.7 Å². The zero-order chi connectivity index (χ0) is 19.2. The number of hydrogen-bond donors (Lipinski definition) is 3. The summed E-state index contributed by atoms with van der Waals surface area (Å²) in [6, 6.07) is 3.87. The van der Waals surface area contributed by atoms with Crippen LogP contribution in [-0.2, 0) is 12.1 Å². The van der Waals surface area contributed by atoms with Crippen LogP contribution in [0.4, 0.5) is 0 Å². The van der Waals surface area contributed by atoms with Gasteiger partial charge in [-0.3, -0.25) is 4.98 Å². The van der Waals surface area contributed by atoms with E-state index in [9.17, 15) is 5.11 Å². The molecule has 0 saturated carbocycles. The van der Waals surface area contributed by atoms with Gasteiger partial charge in [-0.2, -0.15) is 0 Å². The second-order valence-corrected chi connectivity index (χ2v) is 7.29. The number of ether oxygens (including phenoxy) is 1. The number of hydrogen-bond acceptors (Lipinski definition) is 5. The molecule has 0 radical (unpaired) electrons. The molecule has 150 valence electrons. The van der Waals surface area contributed by atoms with E-state index in [1.54, 1.807) is 20.2 Å². The van der Waals surface area contributed by atoms with Crippen molar-refractivity contribution in [2.24, 2.45) is 4.99 Å². The van der Waals surface area contributed by atoms with E-state index < -0.39 is 5.60 Å². The van der Waals surface area contributed by atoms with Gasteiger partial charge in [0, 0.05) is 28.7 Å². The van der Waals surface area contributed by atoms with Gasteiger partial charge in [-0.1, -0.05) is 6.07 Å². The Kier molecular flexibility index (Phi) is 9.48. The highest BCUT2D eigenvalue weighted by atomic mass is 127. The van der Waals surface area contributed by atoms with Gasteiger partial charge in [-0.25, -0.2) is 4.99 Å². The lowest BCUT2D eigenvalue weighted by molar-refractivity contribution is 0.0655.